The molecule has 0 aliphatic heterocycles. The van der Waals surface area contributed by atoms with E-state index >= 15 is 0 Å². The van der Waals surface area contributed by atoms with Crippen LogP contribution in [0.15, 0.2) is 30.3 Å². The average Bonchev–Trinajstić information content (AvgIpc) is 1.90. The number of benzene rings is 1. The van der Waals surface area contributed by atoms with Gasteiger partial charge in [-0.05, 0) is 12.5 Å². The van der Waals surface area contributed by atoms with Crippen LogP contribution >= 0.6 is 0 Å². The summed E-state index contributed by atoms with van der Waals surface area (Å²) in [6.45, 7) is 1.76. The summed E-state index contributed by atoms with van der Waals surface area (Å²) in [5.74, 6) is 0. The van der Waals surface area contributed by atoms with E-state index in [1.807, 2.05) is 30.3 Å². The maximum atomic E-state index is 9.02. The predicted octanol–water partition coefficient (Wildman–Crippen LogP) is 1.09. The number of aliphatic hydroxyl groups excluding tert-OH is 1. The molecule has 10 heavy (non-hydrogen) atoms. The van der Waals surface area contributed by atoms with E-state index in [9.17, 15) is 0 Å². The zero-order chi connectivity index (χ0) is 6.69. The molecular formula is C8H11NaO. The van der Waals surface area contributed by atoms with Gasteiger partial charge in [0.2, 0.25) is 0 Å². The van der Waals surface area contributed by atoms with Crippen LogP contribution < -0.4 is 0 Å². The van der Waals surface area contributed by atoms with Crippen LogP contribution in [-0.2, 0) is 0 Å². The van der Waals surface area contributed by atoms with Crippen LogP contribution in [0.4, 0.5) is 0 Å². The average molecular weight is 146 g/mol. The van der Waals surface area contributed by atoms with Crippen molar-refractivity contribution in [2.75, 3.05) is 0 Å². The summed E-state index contributed by atoms with van der Waals surface area (Å²) in [7, 11) is 0. The van der Waals surface area contributed by atoms with E-state index in [0.29, 0.717) is 0 Å². The molecule has 0 saturated carbocycles. The van der Waals surface area contributed by atoms with Crippen molar-refractivity contribution in [2.24, 2.45) is 0 Å². The van der Waals surface area contributed by atoms with Crippen LogP contribution in [0.1, 0.15) is 18.6 Å². The van der Waals surface area contributed by atoms with Gasteiger partial charge in [-0.25, -0.2) is 0 Å². The van der Waals surface area contributed by atoms with E-state index in [1.165, 1.54) is 0 Å². The summed E-state index contributed by atoms with van der Waals surface area (Å²) in [6, 6.07) is 9.59. The first-order valence-electron chi connectivity index (χ1n) is 3.03. The Kier molecular flexibility index (Phi) is 5.00. The second-order valence-electron chi connectivity index (χ2n) is 2.09. The summed E-state index contributed by atoms with van der Waals surface area (Å²) in [4.78, 5) is 0. The molecule has 0 aliphatic carbocycles. The Hall–Kier alpha value is 0.180. The molecule has 0 spiro atoms. The normalized spacial score (nSPS) is 11.8. The molecule has 0 saturated heterocycles. The maximum absolute atomic E-state index is 9.02. The van der Waals surface area contributed by atoms with Gasteiger partial charge in [-0.15, -0.1) is 0 Å². The molecule has 0 aromatic heterocycles. The monoisotopic (exact) mass is 146 g/mol. The van der Waals surface area contributed by atoms with Gasteiger partial charge in [-0.2, -0.15) is 0 Å². The third-order valence-corrected chi connectivity index (χ3v) is 1.28. The molecule has 1 rings (SSSR count). The molecule has 1 atom stereocenters. The molecule has 2 heteroatoms. The fourth-order valence-corrected chi connectivity index (χ4v) is 0.732. The van der Waals surface area contributed by atoms with E-state index in [1.54, 1.807) is 6.92 Å². The Morgan fingerprint density at radius 2 is 1.70 bits per heavy atom. The van der Waals surface area contributed by atoms with E-state index in [0.717, 1.165) is 5.56 Å². The fraction of sp³-hybridized carbons (Fsp3) is 0.250. The standard InChI is InChI=1S/C8H10O.Na.H/c1-7(9)8-5-3-2-4-6-8;;/h2-7,9H,1H3;;. The topological polar surface area (TPSA) is 20.2 Å². The van der Waals surface area contributed by atoms with Gasteiger partial charge < -0.3 is 5.11 Å². The minimum atomic E-state index is -0.341. The molecule has 50 valence electrons. The summed E-state index contributed by atoms with van der Waals surface area (Å²) in [5.41, 5.74) is 0.970. The first-order valence-corrected chi connectivity index (χ1v) is 3.03. The quantitative estimate of drug-likeness (QED) is 0.588. The van der Waals surface area contributed by atoms with Gasteiger partial charge in [0.15, 0.2) is 0 Å². The van der Waals surface area contributed by atoms with Crippen molar-refractivity contribution in [3.8, 4) is 0 Å². The zero-order valence-electron chi connectivity index (χ0n) is 5.41. The Morgan fingerprint density at radius 1 is 1.20 bits per heavy atom. The molecule has 1 aromatic carbocycles. The third-order valence-electron chi connectivity index (χ3n) is 1.28. The molecule has 1 nitrogen and oxygen atoms in total. The molecule has 1 N–H and O–H groups in total. The van der Waals surface area contributed by atoms with Crippen molar-refractivity contribution in [1.29, 1.82) is 0 Å². The number of aliphatic hydroxyl groups is 1. The minimum absolute atomic E-state index is 0. The molecule has 0 radical (unpaired) electrons. The molecular weight excluding hydrogens is 135 g/mol. The van der Waals surface area contributed by atoms with Gasteiger partial charge in [0.05, 0.1) is 6.10 Å². The van der Waals surface area contributed by atoms with Crippen molar-refractivity contribution in [1.82, 2.24) is 0 Å². The van der Waals surface area contributed by atoms with E-state index < -0.39 is 0 Å². The van der Waals surface area contributed by atoms with Crippen LogP contribution in [0.3, 0.4) is 0 Å². The first-order chi connectivity index (χ1) is 4.30. The number of hydrogen-bond acceptors (Lipinski definition) is 1. The van der Waals surface area contributed by atoms with Crippen molar-refractivity contribution in [3.05, 3.63) is 35.9 Å². The Balaban J connectivity index is 0.000000810. The van der Waals surface area contributed by atoms with Gasteiger partial charge in [0.25, 0.3) is 0 Å². The molecule has 1 unspecified atom stereocenters. The van der Waals surface area contributed by atoms with Crippen molar-refractivity contribution >= 4 is 29.6 Å². The molecule has 0 aliphatic rings. The first kappa shape index (κ1) is 10.2. The number of hydrogen-bond donors (Lipinski definition) is 1. The summed E-state index contributed by atoms with van der Waals surface area (Å²) < 4.78 is 0. The van der Waals surface area contributed by atoms with Crippen LogP contribution in [0.2, 0.25) is 0 Å². The van der Waals surface area contributed by atoms with Gasteiger partial charge in [-0.3, -0.25) is 0 Å². The molecule has 0 fully saturated rings. The van der Waals surface area contributed by atoms with Gasteiger partial charge in [0.1, 0.15) is 0 Å². The van der Waals surface area contributed by atoms with Gasteiger partial charge >= 0.3 is 29.6 Å². The number of rotatable bonds is 1. The summed E-state index contributed by atoms with van der Waals surface area (Å²) >= 11 is 0. The molecule has 0 heterocycles. The predicted molar refractivity (Wildman–Crippen MR) is 44.2 cm³/mol. The summed E-state index contributed by atoms with van der Waals surface area (Å²) in [5, 5.41) is 9.02. The second kappa shape index (κ2) is 4.91. The third kappa shape index (κ3) is 2.84. The van der Waals surface area contributed by atoms with E-state index in [-0.39, 0.29) is 35.7 Å². The molecule has 1 aromatic rings. The Bertz CT molecular complexity index is 172. The van der Waals surface area contributed by atoms with E-state index in [4.69, 9.17) is 5.11 Å². The Morgan fingerprint density at radius 3 is 2.00 bits per heavy atom. The van der Waals surface area contributed by atoms with Crippen LogP contribution in [0.5, 0.6) is 0 Å². The van der Waals surface area contributed by atoms with Crippen LogP contribution in [0.25, 0.3) is 0 Å². The fourth-order valence-electron chi connectivity index (χ4n) is 0.732. The summed E-state index contributed by atoms with van der Waals surface area (Å²) in [6.07, 6.45) is -0.341. The van der Waals surface area contributed by atoms with Crippen molar-refractivity contribution in [2.45, 2.75) is 13.0 Å². The SMILES string of the molecule is CC(O)c1ccccc1.[NaH]. The zero-order valence-corrected chi connectivity index (χ0v) is 5.41. The van der Waals surface area contributed by atoms with Crippen LogP contribution in [-0.4, -0.2) is 34.7 Å². The van der Waals surface area contributed by atoms with E-state index in [2.05, 4.69) is 0 Å². The van der Waals surface area contributed by atoms with Crippen molar-refractivity contribution in [3.63, 3.8) is 0 Å². The van der Waals surface area contributed by atoms with Gasteiger partial charge in [-0.1, -0.05) is 30.3 Å². The van der Waals surface area contributed by atoms with Gasteiger partial charge in [0, 0.05) is 0 Å². The molecule has 0 bridgehead atoms. The van der Waals surface area contributed by atoms with Crippen molar-refractivity contribution < 1.29 is 5.11 Å². The van der Waals surface area contributed by atoms with Crippen LogP contribution in [0, 0.1) is 0 Å². The Labute approximate surface area is 83.4 Å². The second-order valence-corrected chi connectivity index (χ2v) is 2.09. The molecule has 0 amide bonds.